The average molecular weight is 514 g/mol. The summed E-state index contributed by atoms with van der Waals surface area (Å²) >= 11 is 0. The summed E-state index contributed by atoms with van der Waals surface area (Å²) in [5.74, 6) is 0.378. The van der Waals surface area contributed by atoms with E-state index in [0.717, 1.165) is 12.8 Å². The van der Waals surface area contributed by atoms with E-state index in [0.29, 0.717) is 52.0 Å². The summed E-state index contributed by atoms with van der Waals surface area (Å²) in [5, 5.41) is 22.2. The molecule has 2 atom stereocenters. The van der Waals surface area contributed by atoms with Gasteiger partial charge in [0.15, 0.2) is 0 Å². The topological polar surface area (TPSA) is 150 Å². The average Bonchev–Trinajstić information content (AvgIpc) is 3.56. The lowest BCUT2D eigenvalue weighted by Gasteiger charge is -2.16. The van der Waals surface area contributed by atoms with Crippen LogP contribution in [0.1, 0.15) is 28.9 Å². The molecular weight excluding hydrogens is 485 g/mol. The number of aliphatic hydroxyl groups is 2. The summed E-state index contributed by atoms with van der Waals surface area (Å²) in [6, 6.07) is 4.27. The van der Waals surface area contributed by atoms with Gasteiger partial charge in [-0.1, -0.05) is 0 Å². The maximum atomic E-state index is 13.3. The largest absolute Gasteiger partial charge is 0.493 e. The van der Waals surface area contributed by atoms with Crippen LogP contribution in [0.3, 0.4) is 0 Å². The number of ether oxygens (including phenoxy) is 2. The number of aryl methyl sites for hydroxylation is 1. The van der Waals surface area contributed by atoms with Crippen LogP contribution in [0.2, 0.25) is 0 Å². The first kappa shape index (κ1) is 24.9. The second kappa shape index (κ2) is 10.3. The van der Waals surface area contributed by atoms with Crippen LogP contribution in [0.4, 0.5) is 4.39 Å². The monoisotopic (exact) mass is 513 g/mol. The molecule has 0 bridgehead atoms. The number of benzene rings is 1. The van der Waals surface area contributed by atoms with E-state index in [2.05, 4.69) is 20.3 Å². The van der Waals surface area contributed by atoms with Crippen LogP contribution in [0.15, 0.2) is 24.5 Å². The van der Waals surface area contributed by atoms with E-state index in [9.17, 15) is 19.1 Å². The molecule has 37 heavy (non-hydrogen) atoms. The molecule has 2 amide bonds. The minimum Gasteiger partial charge on any atom is -0.493 e. The Morgan fingerprint density at radius 3 is 2.78 bits per heavy atom. The Morgan fingerprint density at radius 1 is 1.24 bits per heavy atom. The van der Waals surface area contributed by atoms with E-state index >= 15 is 0 Å². The van der Waals surface area contributed by atoms with E-state index in [1.807, 2.05) is 0 Å². The number of rotatable bonds is 9. The number of carbonyl (C=O) groups is 2. The van der Waals surface area contributed by atoms with Gasteiger partial charge in [-0.15, -0.1) is 0 Å². The van der Waals surface area contributed by atoms with Gasteiger partial charge in [-0.05, 0) is 43.9 Å². The molecule has 3 aromatic rings. The van der Waals surface area contributed by atoms with Crippen molar-refractivity contribution in [2.24, 2.45) is 5.92 Å². The second-order valence-electron chi connectivity index (χ2n) is 9.34. The molecule has 2 aromatic heterocycles. The lowest BCUT2D eigenvalue weighted by atomic mass is 10.1. The maximum Gasteiger partial charge on any atom is 0.255 e. The summed E-state index contributed by atoms with van der Waals surface area (Å²) in [7, 11) is 0. The molecule has 1 aromatic carbocycles. The van der Waals surface area contributed by atoms with Gasteiger partial charge in [0.2, 0.25) is 12.8 Å². The molecule has 0 unspecified atom stereocenters. The Bertz CT molecular complexity index is 1330. The van der Waals surface area contributed by atoms with Crippen LogP contribution in [0.5, 0.6) is 11.5 Å². The number of aliphatic hydroxyl groups excluding tert-OH is 2. The number of amides is 2. The number of aromatic nitrogens is 3. The number of halogens is 1. The number of hydrogen-bond donors (Lipinski definition) is 4. The Balaban J connectivity index is 1.47. The summed E-state index contributed by atoms with van der Waals surface area (Å²) in [6.45, 7) is 0.725. The molecule has 1 saturated carbocycles. The van der Waals surface area contributed by atoms with Gasteiger partial charge in [-0.2, -0.15) is 0 Å². The van der Waals surface area contributed by atoms with Gasteiger partial charge in [0, 0.05) is 24.3 Å². The first-order valence-electron chi connectivity index (χ1n) is 12.1. The molecule has 0 spiro atoms. The normalized spacial score (nSPS) is 19.3. The minimum absolute atomic E-state index is 0.0183. The smallest absolute Gasteiger partial charge is 0.255 e. The number of H-pyrrole nitrogens is 1. The summed E-state index contributed by atoms with van der Waals surface area (Å²) in [5.41, 5.74) is 2.68. The number of nitrogens with zero attached hydrogens (tertiary/aromatic N) is 3. The molecule has 5 rings (SSSR count). The second-order valence-corrected chi connectivity index (χ2v) is 9.34. The van der Waals surface area contributed by atoms with E-state index in [1.54, 1.807) is 25.1 Å². The van der Waals surface area contributed by atoms with E-state index in [1.165, 1.54) is 11.2 Å². The van der Waals surface area contributed by atoms with Gasteiger partial charge < -0.3 is 34.9 Å². The number of nitrogens with one attached hydrogen (secondary N) is 2. The summed E-state index contributed by atoms with van der Waals surface area (Å²) in [4.78, 5) is 38.3. The van der Waals surface area contributed by atoms with Crippen LogP contribution in [-0.4, -0.2) is 87.2 Å². The van der Waals surface area contributed by atoms with Crippen molar-refractivity contribution < 1.29 is 33.7 Å². The van der Waals surface area contributed by atoms with E-state index in [4.69, 9.17) is 14.6 Å². The fourth-order valence-corrected chi connectivity index (χ4v) is 4.54. The lowest BCUT2D eigenvalue weighted by Crippen LogP contribution is -2.43. The number of hydrogen-bond acceptors (Lipinski definition) is 8. The molecule has 1 aliphatic carbocycles. The standard InChI is InChI=1S/C25H28FN5O6/c1-13-21(25(35)30-17-7-31(8-18(17)33)20(34)9-32)23-24(29-13)22(27-12-28-23)16-6-15(37-11-26)4-5-19(16)36-10-14-2-3-14/h4-6,12,14,17-18,29,32-33H,2-3,7-11H2,1H3,(H,30,35)/t17-,18-/m1/s1. The molecular formula is C25H28FN5O6. The van der Waals surface area contributed by atoms with Gasteiger partial charge in [0.05, 0.1) is 29.8 Å². The van der Waals surface area contributed by atoms with Crippen LogP contribution < -0.4 is 14.8 Å². The Hall–Kier alpha value is -3.77. The molecule has 4 N–H and O–H groups in total. The number of fused-ring (bicyclic) bond motifs is 1. The van der Waals surface area contributed by atoms with Crippen molar-refractivity contribution in [3.8, 4) is 22.8 Å². The third-order valence-electron chi connectivity index (χ3n) is 6.69. The van der Waals surface area contributed by atoms with Crippen molar-refractivity contribution in [1.29, 1.82) is 0 Å². The van der Waals surface area contributed by atoms with Gasteiger partial charge >= 0.3 is 0 Å². The van der Waals surface area contributed by atoms with Crippen molar-refractivity contribution >= 4 is 22.8 Å². The highest BCUT2D eigenvalue weighted by molar-refractivity contribution is 6.09. The van der Waals surface area contributed by atoms with Crippen LogP contribution in [-0.2, 0) is 4.79 Å². The SMILES string of the molecule is Cc1[nH]c2c(-c3cc(OCF)ccc3OCC3CC3)ncnc2c1C(=O)N[C@@H]1CN(C(=O)CO)C[C@H]1O. The fraction of sp³-hybridized carbons (Fsp3) is 0.440. The van der Waals surface area contributed by atoms with Crippen molar-refractivity contribution in [3.05, 3.63) is 35.8 Å². The number of carbonyl (C=O) groups excluding carboxylic acids is 2. The lowest BCUT2D eigenvalue weighted by molar-refractivity contribution is -0.133. The highest BCUT2D eigenvalue weighted by Gasteiger charge is 2.35. The van der Waals surface area contributed by atoms with Crippen LogP contribution in [0.25, 0.3) is 22.3 Å². The number of β-amino-alcohol motifs (C(OH)–C–C–N with tert-alkyl or cyclic N) is 1. The predicted octanol–water partition coefficient (Wildman–Crippen LogP) is 1.32. The number of aromatic amines is 1. The molecule has 1 aliphatic heterocycles. The molecule has 196 valence electrons. The van der Waals surface area contributed by atoms with Crippen LogP contribution >= 0.6 is 0 Å². The number of likely N-dealkylation sites (tertiary alicyclic amines) is 1. The summed E-state index contributed by atoms with van der Waals surface area (Å²) < 4.78 is 24.0. The zero-order valence-electron chi connectivity index (χ0n) is 20.2. The van der Waals surface area contributed by atoms with Gasteiger partial charge in [-0.3, -0.25) is 9.59 Å². The third kappa shape index (κ3) is 5.07. The summed E-state index contributed by atoms with van der Waals surface area (Å²) in [6.07, 6.45) is 2.60. The van der Waals surface area contributed by atoms with Crippen LogP contribution in [0, 0.1) is 12.8 Å². The Morgan fingerprint density at radius 2 is 2.05 bits per heavy atom. The van der Waals surface area contributed by atoms with Gasteiger partial charge in [-0.25, -0.2) is 14.4 Å². The van der Waals surface area contributed by atoms with Crippen molar-refractivity contribution in [2.45, 2.75) is 31.9 Å². The van der Waals surface area contributed by atoms with Gasteiger partial charge in [0.1, 0.15) is 35.6 Å². The Kier molecular flexibility index (Phi) is 6.94. The molecule has 2 aliphatic rings. The fourth-order valence-electron chi connectivity index (χ4n) is 4.54. The zero-order valence-corrected chi connectivity index (χ0v) is 20.2. The molecule has 1 saturated heterocycles. The van der Waals surface area contributed by atoms with E-state index in [-0.39, 0.29) is 18.7 Å². The van der Waals surface area contributed by atoms with Gasteiger partial charge in [0.25, 0.3) is 5.91 Å². The third-order valence-corrected chi connectivity index (χ3v) is 6.69. The first-order valence-corrected chi connectivity index (χ1v) is 12.1. The van der Waals surface area contributed by atoms with E-state index < -0.39 is 37.4 Å². The quantitative estimate of drug-likeness (QED) is 0.335. The maximum absolute atomic E-state index is 13.3. The molecule has 11 nitrogen and oxygen atoms in total. The molecule has 2 fully saturated rings. The van der Waals surface area contributed by atoms with Crippen molar-refractivity contribution in [3.63, 3.8) is 0 Å². The molecule has 12 heteroatoms. The Labute approximate surface area is 211 Å². The minimum atomic E-state index is -0.985. The molecule has 0 radical (unpaired) electrons. The van der Waals surface area contributed by atoms with Crippen molar-refractivity contribution in [1.82, 2.24) is 25.2 Å². The predicted molar refractivity (Wildman–Crippen MR) is 130 cm³/mol. The first-order chi connectivity index (χ1) is 17.9. The molecule has 3 heterocycles. The van der Waals surface area contributed by atoms with Crippen molar-refractivity contribution in [2.75, 3.05) is 33.2 Å². The highest BCUT2D eigenvalue weighted by atomic mass is 19.1. The zero-order chi connectivity index (χ0) is 26.1. The highest BCUT2D eigenvalue weighted by Crippen LogP contribution is 2.38. The number of alkyl halides is 1.